The fourth-order valence-corrected chi connectivity index (χ4v) is 2.61. The zero-order chi connectivity index (χ0) is 14.7. The number of anilines is 1. The lowest BCUT2D eigenvalue weighted by Crippen LogP contribution is -2.46. The topological polar surface area (TPSA) is 55.1 Å². The average Bonchev–Trinajstić information content (AvgIpc) is 2.16. The van der Waals surface area contributed by atoms with E-state index in [0.29, 0.717) is 6.42 Å². The molecule has 0 aliphatic rings. The van der Waals surface area contributed by atoms with Gasteiger partial charge in [-0.1, -0.05) is 32.9 Å². The number of rotatable bonds is 4. The van der Waals surface area contributed by atoms with Crippen LogP contribution in [0.3, 0.4) is 0 Å². The number of hydrogen-bond acceptors (Lipinski definition) is 2. The molecule has 1 aromatic rings. The van der Waals surface area contributed by atoms with Crippen molar-refractivity contribution in [2.24, 2.45) is 5.41 Å². The molecule has 3 N–H and O–H groups in total. The predicted octanol–water partition coefficient (Wildman–Crippen LogP) is 3.56. The number of amides is 1. The van der Waals surface area contributed by atoms with Crippen molar-refractivity contribution < 1.29 is 4.79 Å². The van der Waals surface area contributed by atoms with Crippen LogP contribution in [0.15, 0.2) is 24.3 Å². The van der Waals surface area contributed by atoms with Gasteiger partial charge in [-0.15, -0.1) is 12.4 Å². The van der Waals surface area contributed by atoms with E-state index in [9.17, 15) is 4.79 Å². The zero-order valence-corrected chi connectivity index (χ0v) is 13.9. The molecule has 4 heteroatoms. The van der Waals surface area contributed by atoms with E-state index in [2.05, 4.69) is 39.9 Å². The minimum atomic E-state index is -0.191. The SMILES string of the molecule is CC(C)(C)CC(C)(C)NC(=O)Cc1ccc(N)cc1.Cl. The van der Waals surface area contributed by atoms with E-state index in [1.165, 1.54) is 0 Å². The lowest BCUT2D eigenvalue weighted by molar-refractivity contribution is -0.122. The van der Waals surface area contributed by atoms with Gasteiger partial charge in [0.05, 0.1) is 6.42 Å². The second kappa shape index (κ2) is 6.98. The molecule has 20 heavy (non-hydrogen) atoms. The maximum atomic E-state index is 12.1. The molecule has 0 aliphatic carbocycles. The average molecular weight is 299 g/mol. The van der Waals surface area contributed by atoms with Crippen LogP contribution >= 0.6 is 12.4 Å². The number of nitrogens with two attached hydrogens (primary N) is 1. The van der Waals surface area contributed by atoms with E-state index in [1.54, 1.807) is 0 Å². The highest BCUT2D eigenvalue weighted by atomic mass is 35.5. The van der Waals surface area contributed by atoms with Crippen molar-refractivity contribution in [1.82, 2.24) is 5.32 Å². The van der Waals surface area contributed by atoms with Crippen molar-refractivity contribution in [3.63, 3.8) is 0 Å². The first-order valence-corrected chi connectivity index (χ1v) is 6.73. The third-order valence-electron chi connectivity index (χ3n) is 2.79. The molecule has 0 heterocycles. The molecule has 1 aromatic carbocycles. The summed E-state index contributed by atoms with van der Waals surface area (Å²) < 4.78 is 0. The van der Waals surface area contributed by atoms with E-state index in [0.717, 1.165) is 17.7 Å². The summed E-state index contributed by atoms with van der Waals surface area (Å²) in [5, 5.41) is 3.11. The van der Waals surface area contributed by atoms with Crippen molar-refractivity contribution in [2.75, 3.05) is 5.73 Å². The van der Waals surface area contributed by atoms with Crippen LogP contribution in [-0.2, 0) is 11.2 Å². The molecule has 0 saturated heterocycles. The van der Waals surface area contributed by atoms with E-state index in [4.69, 9.17) is 5.73 Å². The Balaban J connectivity index is 0.00000361. The van der Waals surface area contributed by atoms with Crippen LogP contribution in [0.5, 0.6) is 0 Å². The fraction of sp³-hybridized carbons (Fsp3) is 0.562. The monoisotopic (exact) mass is 298 g/mol. The maximum Gasteiger partial charge on any atom is 0.224 e. The van der Waals surface area contributed by atoms with Crippen LogP contribution in [0.1, 0.15) is 46.6 Å². The zero-order valence-electron chi connectivity index (χ0n) is 13.1. The van der Waals surface area contributed by atoms with Gasteiger partial charge in [-0.2, -0.15) is 0 Å². The van der Waals surface area contributed by atoms with E-state index >= 15 is 0 Å². The Bertz CT molecular complexity index is 433. The number of halogens is 1. The molecule has 114 valence electrons. The van der Waals surface area contributed by atoms with E-state index < -0.39 is 0 Å². The van der Waals surface area contributed by atoms with Gasteiger partial charge in [0.1, 0.15) is 0 Å². The second-order valence-electron chi connectivity index (χ2n) is 7.09. The van der Waals surface area contributed by atoms with Gasteiger partial charge in [0, 0.05) is 11.2 Å². The minimum absolute atomic E-state index is 0. The summed E-state index contributed by atoms with van der Waals surface area (Å²) in [5.41, 5.74) is 7.33. The molecular formula is C16H27ClN2O. The molecule has 0 unspecified atom stereocenters. The van der Waals surface area contributed by atoms with Crippen LogP contribution in [0.4, 0.5) is 5.69 Å². The number of benzene rings is 1. The Labute approximate surface area is 128 Å². The Hall–Kier alpha value is -1.22. The summed E-state index contributed by atoms with van der Waals surface area (Å²) in [6.45, 7) is 10.7. The van der Waals surface area contributed by atoms with Crippen LogP contribution in [-0.4, -0.2) is 11.4 Å². The lowest BCUT2D eigenvalue weighted by atomic mass is 9.81. The van der Waals surface area contributed by atoms with Crippen LogP contribution in [0, 0.1) is 5.41 Å². The van der Waals surface area contributed by atoms with Crippen LogP contribution < -0.4 is 11.1 Å². The number of hydrogen-bond donors (Lipinski definition) is 2. The van der Waals surface area contributed by atoms with Gasteiger partial charge < -0.3 is 11.1 Å². The Morgan fingerprint density at radius 2 is 1.60 bits per heavy atom. The van der Waals surface area contributed by atoms with Crippen molar-refractivity contribution in [3.8, 4) is 0 Å². The Morgan fingerprint density at radius 3 is 2.05 bits per heavy atom. The van der Waals surface area contributed by atoms with Crippen molar-refractivity contribution in [3.05, 3.63) is 29.8 Å². The summed E-state index contributed by atoms with van der Waals surface area (Å²) in [6.07, 6.45) is 1.33. The molecule has 0 fully saturated rings. The Kier molecular flexibility index (Phi) is 6.55. The largest absolute Gasteiger partial charge is 0.399 e. The molecular weight excluding hydrogens is 272 g/mol. The smallest absolute Gasteiger partial charge is 0.224 e. The van der Waals surface area contributed by atoms with Crippen LogP contribution in [0.2, 0.25) is 0 Å². The van der Waals surface area contributed by atoms with Gasteiger partial charge in [0.25, 0.3) is 0 Å². The van der Waals surface area contributed by atoms with E-state index in [-0.39, 0.29) is 29.3 Å². The van der Waals surface area contributed by atoms with Crippen molar-refractivity contribution in [1.29, 1.82) is 0 Å². The quantitative estimate of drug-likeness (QED) is 0.835. The second-order valence-corrected chi connectivity index (χ2v) is 7.09. The number of nitrogen functional groups attached to an aromatic ring is 1. The molecule has 0 radical (unpaired) electrons. The standard InChI is InChI=1S/C16H26N2O.ClH/c1-15(2,3)11-16(4,5)18-14(19)10-12-6-8-13(17)9-7-12;/h6-9H,10-11,17H2,1-5H3,(H,18,19);1H. The van der Waals surface area contributed by atoms with Gasteiger partial charge in [-0.3, -0.25) is 4.79 Å². The fourth-order valence-electron chi connectivity index (χ4n) is 2.61. The summed E-state index contributed by atoms with van der Waals surface area (Å²) in [7, 11) is 0. The van der Waals surface area contributed by atoms with E-state index in [1.807, 2.05) is 24.3 Å². The normalized spacial score (nSPS) is 11.7. The molecule has 1 rings (SSSR count). The molecule has 0 atom stereocenters. The highest BCUT2D eigenvalue weighted by molar-refractivity contribution is 5.85. The maximum absolute atomic E-state index is 12.1. The minimum Gasteiger partial charge on any atom is -0.399 e. The molecule has 1 amide bonds. The van der Waals surface area contributed by atoms with Gasteiger partial charge >= 0.3 is 0 Å². The highest BCUT2D eigenvalue weighted by Gasteiger charge is 2.26. The third-order valence-corrected chi connectivity index (χ3v) is 2.79. The predicted molar refractivity (Wildman–Crippen MR) is 88.1 cm³/mol. The molecule has 0 aromatic heterocycles. The molecule has 0 saturated carbocycles. The summed E-state index contributed by atoms with van der Waals surface area (Å²) in [6, 6.07) is 7.43. The van der Waals surface area contributed by atoms with Gasteiger partial charge in [-0.05, 0) is 43.4 Å². The molecule has 0 spiro atoms. The number of carbonyl (C=O) groups is 1. The van der Waals surface area contributed by atoms with Crippen molar-refractivity contribution in [2.45, 2.75) is 53.0 Å². The first kappa shape index (κ1) is 18.8. The molecule has 0 bridgehead atoms. The number of nitrogens with one attached hydrogen (secondary N) is 1. The summed E-state index contributed by atoms with van der Waals surface area (Å²) in [4.78, 5) is 12.1. The highest BCUT2D eigenvalue weighted by Crippen LogP contribution is 2.26. The Morgan fingerprint density at radius 1 is 1.10 bits per heavy atom. The lowest BCUT2D eigenvalue weighted by Gasteiger charge is -2.33. The summed E-state index contributed by atoms with van der Waals surface area (Å²) >= 11 is 0. The molecule has 0 aliphatic heterocycles. The third kappa shape index (κ3) is 7.39. The first-order chi connectivity index (χ1) is 8.57. The molecule has 3 nitrogen and oxygen atoms in total. The van der Waals surface area contributed by atoms with Crippen molar-refractivity contribution >= 4 is 24.0 Å². The summed E-state index contributed by atoms with van der Waals surface area (Å²) in [5.74, 6) is 0.0546. The van der Waals surface area contributed by atoms with Crippen LogP contribution in [0.25, 0.3) is 0 Å². The van der Waals surface area contributed by atoms with Gasteiger partial charge in [-0.25, -0.2) is 0 Å². The number of carbonyl (C=O) groups excluding carboxylic acids is 1. The van der Waals surface area contributed by atoms with Gasteiger partial charge in [0.15, 0.2) is 0 Å². The van der Waals surface area contributed by atoms with Gasteiger partial charge in [0.2, 0.25) is 5.91 Å². The first-order valence-electron chi connectivity index (χ1n) is 6.73.